The topological polar surface area (TPSA) is 12.9 Å². The van der Waals surface area contributed by atoms with Crippen molar-refractivity contribution in [3.63, 3.8) is 0 Å². The zero-order valence-electron chi connectivity index (χ0n) is 8.17. The first-order valence-electron chi connectivity index (χ1n) is 4.55. The van der Waals surface area contributed by atoms with Crippen molar-refractivity contribution in [3.8, 4) is 11.1 Å². The molecule has 0 bridgehead atoms. The second kappa shape index (κ2) is 4.33. The smallest absolute Gasteiger partial charge is 0.0517 e. The Labute approximate surface area is 102 Å². The summed E-state index contributed by atoms with van der Waals surface area (Å²) in [4.78, 5) is 4.25. The van der Waals surface area contributed by atoms with Gasteiger partial charge in [-0.1, -0.05) is 39.7 Å². The first-order chi connectivity index (χ1) is 7.18. The van der Waals surface area contributed by atoms with Gasteiger partial charge >= 0.3 is 0 Å². The maximum Gasteiger partial charge on any atom is 0.0517 e. The Morgan fingerprint density at radius 3 is 2.73 bits per heavy atom. The number of nitrogens with zero attached hydrogens (tertiary/aromatic N) is 1. The van der Waals surface area contributed by atoms with E-state index in [0.29, 0.717) is 0 Å². The molecule has 0 unspecified atom stereocenters. The molecule has 2 rings (SSSR count). The minimum atomic E-state index is 0.737. The Morgan fingerprint density at radius 1 is 1.27 bits per heavy atom. The van der Waals surface area contributed by atoms with Crippen LogP contribution in [0.5, 0.6) is 0 Å². The van der Waals surface area contributed by atoms with Crippen LogP contribution in [-0.4, -0.2) is 4.98 Å². The van der Waals surface area contributed by atoms with Gasteiger partial charge in [-0.25, -0.2) is 0 Å². The first-order valence-corrected chi connectivity index (χ1v) is 5.72. The normalized spacial score (nSPS) is 10.3. The van der Waals surface area contributed by atoms with Crippen molar-refractivity contribution in [1.29, 1.82) is 0 Å². The van der Waals surface area contributed by atoms with Crippen LogP contribution >= 0.6 is 27.5 Å². The molecule has 1 aromatic heterocycles. The summed E-state index contributed by atoms with van der Waals surface area (Å²) < 4.78 is 1.04. The fraction of sp³-hybridized carbons (Fsp3) is 0.0833. The highest BCUT2D eigenvalue weighted by Crippen LogP contribution is 2.31. The third kappa shape index (κ3) is 2.21. The Bertz CT molecular complexity index is 476. The third-order valence-corrected chi connectivity index (χ3v) is 3.01. The van der Waals surface area contributed by atoms with Gasteiger partial charge in [0, 0.05) is 21.9 Å². The minimum absolute atomic E-state index is 0.737. The van der Waals surface area contributed by atoms with E-state index >= 15 is 0 Å². The zero-order chi connectivity index (χ0) is 10.8. The van der Waals surface area contributed by atoms with Crippen molar-refractivity contribution >= 4 is 27.5 Å². The maximum absolute atomic E-state index is 6.16. The molecule has 1 nitrogen and oxygen atoms in total. The van der Waals surface area contributed by atoms with Gasteiger partial charge in [0.2, 0.25) is 0 Å². The summed E-state index contributed by atoms with van der Waals surface area (Å²) in [5, 5.41) is 0.737. The van der Waals surface area contributed by atoms with E-state index in [9.17, 15) is 0 Å². The molecule has 0 aliphatic rings. The molecule has 0 amide bonds. The Balaban J connectivity index is 2.63. The third-order valence-electron chi connectivity index (χ3n) is 2.20. The second-order valence-electron chi connectivity index (χ2n) is 3.26. The highest BCUT2D eigenvalue weighted by molar-refractivity contribution is 9.10. The fourth-order valence-electron chi connectivity index (χ4n) is 1.53. The van der Waals surface area contributed by atoms with Crippen molar-refractivity contribution in [2.45, 2.75) is 6.92 Å². The number of aryl methyl sites for hydroxylation is 1. The van der Waals surface area contributed by atoms with Crippen LogP contribution in [0, 0.1) is 6.92 Å². The van der Waals surface area contributed by atoms with Crippen LogP contribution in [0.3, 0.4) is 0 Å². The van der Waals surface area contributed by atoms with Crippen molar-refractivity contribution < 1.29 is 0 Å². The van der Waals surface area contributed by atoms with Gasteiger partial charge in [0.25, 0.3) is 0 Å². The first kappa shape index (κ1) is 10.7. The summed E-state index contributed by atoms with van der Waals surface area (Å²) in [7, 11) is 0. The summed E-state index contributed by atoms with van der Waals surface area (Å²) in [6, 6.07) is 9.85. The molecular weight excluding hydrogens is 273 g/mol. The molecule has 1 aromatic carbocycles. The predicted molar refractivity (Wildman–Crippen MR) is 67.1 cm³/mol. The summed E-state index contributed by atoms with van der Waals surface area (Å²) >= 11 is 9.61. The van der Waals surface area contributed by atoms with Gasteiger partial charge in [0.15, 0.2) is 0 Å². The molecule has 0 atom stereocenters. The van der Waals surface area contributed by atoms with Crippen LogP contribution in [0.25, 0.3) is 11.1 Å². The van der Waals surface area contributed by atoms with Crippen molar-refractivity contribution in [3.05, 3.63) is 51.7 Å². The molecule has 0 N–H and O–H groups in total. The van der Waals surface area contributed by atoms with Gasteiger partial charge in [0.1, 0.15) is 0 Å². The number of rotatable bonds is 1. The SMILES string of the molecule is Cc1nccc(Cl)c1-c1cccc(Br)c1. The standard InChI is InChI=1S/C12H9BrClN/c1-8-12(11(14)5-6-15-8)9-3-2-4-10(13)7-9/h2-7H,1H3. The molecule has 2 aromatic rings. The molecule has 1 heterocycles. The molecule has 3 heteroatoms. The quantitative estimate of drug-likeness (QED) is 0.752. The van der Waals surface area contributed by atoms with E-state index < -0.39 is 0 Å². The van der Waals surface area contributed by atoms with Gasteiger partial charge in [-0.05, 0) is 30.7 Å². The van der Waals surface area contributed by atoms with Gasteiger partial charge in [-0.3, -0.25) is 4.98 Å². The molecule has 0 aliphatic heterocycles. The lowest BCUT2D eigenvalue weighted by molar-refractivity contribution is 1.20. The van der Waals surface area contributed by atoms with Crippen LogP contribution in [-0.2, 0) is 0 Å². The summed E-state index contributed by atoms with van der Waals surface area (Å²) in [5.74, 6) is 0. The molecule has 0 fully saturated rings. The minimum Gasteiger partial charge on any atom is -0.261 e. The highest BCUT2D eigenvalue weighted by atomic mass is 79.9. The largest absolute Gasteiger partial charge is 0.261 e. The average Bonchev–Trinajstić information content (AvgIpc) is 2.17. The maximum atomic E-state index is 6.16. The van der Waals surface area contributed by atoms with Crippen LogP contribution in [0.4, 0.5) is 0 Å². The number of hydrogen-bond donors (Lipinski definition) is 0. The van der Waals surface area contributed by atoms with Crippen molar-refractivity contribution in [2.75, 3.05) is 0 Å². The average molecular weight is 283 g/mol. The zero-order valence-corrected chi connectivity index (χ0v) is 10.5. The van der Waals surface area contributed by atoms with Crippen LogP contribution in [0.2, 0.25) is 5.02 Å². The fourth-order valence-corrected chi connectivity index (χ4v) is 2.23. The Morgan fingerprint density at radius 2 is 2.07 bits per heavy atom. The van der Waals surface area contributed by atoms with Crippen LogP contribution in [0.1, 0.15) is 5.69 Å². The number of halogens is 2. The molecule has 0 saturated heterocycles. The summed E-state index contributed by atoms with van der Waals surface area (Å²) in [6.07, 6.45) is 1.72. The molecule has 0 spiro atoms. The monoisotopic (exact) mass is 281 g/mol. The molecule has 76 valence electrons. The van der Waals surface area contributed by atoms with Gasteiger partial charge in [-0.15, -0.1) is 0 Å². The number of pyridine rings is 1. The molecule has 0 radical (unpaired) electrons. The lowest BCUT2D eigenvalue weighted by atomic mass is 10.0. The van der Waals surface area contributed by atoms with E-state index in [2.05, 4.69) is 20.9 Å². The molecular formula is C12H9BrClN. The van der Waals surface area contributed by atoms with E-state index in [4.69, 9.17) is 11.6 Å². The van der Waals surface area contributed by atoms with E-state index in [1.165, 1.54) is 0 Å². The van der Waals surface area contributed by atoms with Crippen molar-refractivity contribution in [2.24, 2.45) is 0 Å². The van der Waals surface area contributed by atoms with E-state index in [-0.39, 0.29) is 0 Å². The summed E-state index contributed by atoms with van der Waals surface area (Å²) in [6.45, 7) is 1.96. The van der Waals surface area contributed by atoms with Gasteiger partial charge in [0.05, 0.1) is 5.02 Å². The molecule has 0 saturated carbocycles. The molecule has 15 heavy (non-hydrogen) atoms. The summed E-state index contributed by atoms with van der Waals surface area (Å²) in [5.41, 5.74) is 3.03. The molecule has 0 aliphatic carbocycles. The highest BCUT2D eigenvalue weighted by Gasteiger charge is 2.07. The van der Waals surface area contributed by atoms with E-state index in [0.717, 1.165) is 26.3 Å². The van der Waals surface area contributed by atoms with Gasteiger partial charge in [-0.2, -0.15) is 0 Å². The van der Waals surface area contributed by atoms with Crippen LogP contribution in [0.15, 0.2) is 41.0 Å². The lowest BCUT2D eigenvalue weighted by Crippen LogP contribution is -1.88. The number of aromatic nitrogens is 1. The van der Waals surface area contributed by atoms with Gasteiger partial charge < -0.3 is 0 Å². The second-order valence-corrected chi connectivity index (χ2v) is 4.59. The Kier molecular flexibility index (Phi) is 3.08. The number of benzene rings is 1. The predicted octanol–water partition coefficient (Wildman–Crippen LogP) is 4.47. The lowest BCUT2D eigenvalue weighted by Gasteiger charge is -2.07. The van der Waals surface area contributed by atoms with E-state index in [1.54, 1.807) is 6.20 Å². The van der Waals surface area contributed by atoms with Crippen LogP contribution < -0.4 is 0 Å². The Hall–Kier alpha value is -0.860. The van der Waals surface area contributed by atoms with Crippen molar-refractivity contribution in [1.82, 2.24) is 4.98 Å². The van der Waals surface area contributed by atoms with E-state index in [1.807, 2.05) is 37.3 Å². The number of hydrogen-bond acceptors (Lipinski definition) is 1.